The third-order valence-corrected chi connectivity index (χ3v) is 3.38. The van der Waals surface area contributed by atoms with Crippen LogP contribution in [-0.2, 0) is 23.3 Å². The lowest BCUT2D eigenvalue weighted by molar-refractivity contribution is 0.603. The average molecular weight is 309 g/mol. The first kappa shape index (κ1) is 15.3. The van der Waals surface area contributed by atoms with E-state index in [1.54, 1.807) is 24.5 Å². The number of imidazole rings is 1. The highest BCUT2D eigenvalue weighted by molar-refractivity contribution is 7.90. The number of aromatic nitrogens is 2. The van der Waals surface area contributed by atoms with E-state index < -0.39 is 10.2 Å². The molecule has 0 bridgehead atoms. The molecule has 8 heteroatoms. The van der Waals surface area contributed by atoms with Gasteiger partial charge in [-0.1, -0.05) is 13.0 Å². The summed E-state index contributed by atoms with van der Waals surface area (Å²) >= 11 is 0. The third kappa shape index (κ3) is 4.76. The Balaban J connectivity index is 2.03. The minimum absolute atomic E-state index is 0.421. The van der Waals surface area contributed by atoms with Crippen LogP contribution in [-0.4, -0.2) is 18.0 Å². The van der Waals surface area contributed by atoms with Crippen LogP contribution in [0.15, 0.2) is 36.8 Å². The molecule has 114 valence electrons. The summed E-state index contributed by atoms with van der Waals surface area (Å²) in [4.78, 5) is 4.13. The molecule has 0 atom stereocenters. The lowest BCUT2D eigenvalue weighted by atomic mass is 10.3. The third-order valence-electron chi connectivity index (χ3n) is 2.86. The summed E-state index contributed by atoms with van der Waals surface area (Å²) in [6, 6.07) is 6.93. The molecule has 0 spiro atoms. The molecule has 0 aliphatic carbocycles. The van der Waals surface area contributed by atoms with Crippen molar-refractivity contribution in [3.05, 3.63) is 42.5 Å². The van der Waals surface area contributed by atoms with Gasteiger partial charge in [0, 0.05) is 18.4 Å². The van der Waals surface area contributed by atoms with Gasteiger partial charge in [-0.3, -0.25) is 4.72 Å². The Bertz CT molecular complexity index is 696. The smallest absolute Gasteiger partial charge is 0.296 e. The molecule has 7 nitrogen and oxygen atoms in total. The molecule has 1 heterocycles. The van der Waals surface area contributed by atoms with Gasteiger partial charge in [0.2, 0.25) is 0 Å². The molecular formula is C13H19N5O2S. The molecule has 0 amide bonds. The average Bonchev–Trinajstić information content (AvgIpc) is 2.83. The van der Waals surface area contributed by atoms with Crippen molar-refractivity contribution in [2.75, 3.05) is 10.0 Å². The zero-order valence-corrected chi connectivity index (χ0v) is 12.6. The molecule has 0 aliphatic heterocycles. The molecule has 0 unspecified atom stereocenters. The van der Waals surface area contributed by atoms with E-state index in [0.717, 1.165) is 24.3 Å². The van der Waals surface area contributed by atoms with Gasteiger partial charge in [0.15, 0.2) is 0 Å². The van der Waals surface area contributed by atoms with E-state index in [-0.39, 0.29) is 0 Å². The topological polar surface area (TPSA) is 102 Å². The Kier molecular flexibility index (Phi) is 4.81. The Morgan fingerprint density at radius 2 is 2.10 bits per heavy atom. The Labute approximate surface area is 124 Å². The van der Waals surface area contributed by atoms with E-state index in [1.165, 1.54) is 0 Å². The van der Waals surface area contributed by atoms with Crippen LogP contribution in [0.25, 0.3) is 0 Å². The summed E-state index contributed by atoms with van der Waals surface area (Å²) in [7, 11) is -3.76. The summed E-state index contributed by atoms with van der Waals surface area (Å²) in [6.07, 6.45) is 4.66. The molecule has 21 heavy (non-hydrogen) atoms. The summed E-state index contributed by atoms with van der Waals surface area (Å²) in [5.41, 5.74) is 2.29. The van der Waals surface area contributed by atoms with Crippen LogP contribution >= 0.6 is 0 Å². The maximum atomic E-state index is 11.0. The number of nitrogens with zero attached hydrogens (tertiary/aromatic N) is 2. The van der Waals surface area contributed by atoms with Crippen LogP contribution in [0.3, 0.4) is 0 Å². The van der Waals surface area contributed by atoms with Gasteiger partial charge in [-0.05, 0) is 24.6 Å². The van der Waals surface area contributed by atoms with Crippen molar-refractivity contribution in [1.82, 2.24) is 9.55 Å². The SMILES string of the molecule is CCCn1cncc1CNc1cccc(NS(N)(=O)=O)c1. The highest BCUT2D eigenvalue weighted by Crippen LogP contribution is 2.16. The van der Waals surface area contributed by atoms with Gasteiger partial charge >= 0.3 is 0 Å². The van der Waals surface area contributed by atoms with Gasteiger partial charge < -0.3 is 9.88 Å². The standard InChI is InChI=1S/C13H19N5O2S/c1-2-6-18-10-15-8-13(18)9-16-11-4-3-5-12(7-11)17-21(14,19)20/h3-5,7-8,10,16-17H,2,6,9H2,1H3,(H2,14,19,20). The first-order valence-corrected chi connectivity index (χ1v) is 8.16. The van der Waals surface area contributed by atoms with Gasteiger partial charge in [0.1, 0.15) is 0 Å². The molecule has 0 saturated heterocycles. The quantitative estimate of drug-likeness (QED) is 0.721. The Morgan fingerprint density at radius 1 is 1.33 bits per heavy atom. The lowest BCUT2D eigenvalue weighted by Crippen LogP contribution is -2.21. The van der Waals surface area contributed by atoms with Crippen LogP contribution in [0.2, 0.25) is 0 Å². The second-order valence-corrected chi connectivity index (χ2v) is 5.95. The molecule has 0 radical (unpaired) electrons. The normalized spacial score (nSPS) is 11.3. The fourth-order valence-corrected chi connectivity index (χ4v) is 2.44. The minimum atomic E-state index is -3.76. The number of rotatable bonds is 7. The van der Waals surface area contributed by atoms with Crippen molar-refractivity contribution in [2.24, 2.45) is 5.14 Å². The van der Waals surface area contributed by atoms with Crippen LogP contribution in [0.1, 0.15) is 19.0 Å². The molecule has 1 aromatic heterocycles. The molecule has 0 aliphatic rings. The molecule has 2 aromatic rings. The van der Waals surface area contributed by atoms with Crippen LogP contribution in [0, 0.1) is 0 Å². The summed E-state index contributed by atoms with van der Waals surface area (Å²) in [6.45, 7) is 3.64. The van der Waals surface area contributed by atoms with Crippen molar-refractivity contribution in [2.45, 2.75) is 26.4 Å². The monoisotopic (exact) mass is 309 g/mol. The number of benzene rings is 1. The highest BCUT2D eigenvalue weighted by Gasteiger charge is 2.04. The van der Waals surface area contributed by atoms with Gasteiger partial charge in [-0.2, -0.15) is 8.42 Å². The van der Waals surface area contributed by atoms with Crippen molar-refractivity contribution in [3.63, 3.8) is 0 Å². The Hall–Kier alpha value is -2.06. The van der Waals surface area contributed by atoms with E-state index in [0.29, 0.717) is 12.2 Å². The van der Waals surface area contributed by atoms with Crippen molar-refractivity contribution >= 4 is 21.6 Å². The van der Waals surface area contributed by atoms with Crippen LogP contribution < -0.4 is 15.2 Å². The van der Waals surface area contributed by atoms with Crippen molar-refractivity contribution in [3.8, 4) is 0 Å². The van der Waals surface area contributed by atoms with Gasteiger partial charge in [-0.15, -0.1) is 0 Å². The maximum absolute atomic E-state index is 11.0. The summed E-state index contributed by atoms with van der Waals surface area (Å²) < 4.78 is 26.3. The van der Waals surface area contributed by atoms with Gasteiger partial charge in [0.25, 0.3) is 10.2 Å². The van der Waals surface area contributed by atoms with Crippen molar-refractivity contribution < 1.29 is 8.42 Å². The second kappa shape index (κ2) is 6.59. The Morgan fingerprint density at radius 3 is 2.81 bits per heavy atom. The van der Waals surface area contributed by atoms with Gasteiger partial charge in [-0.25, -0.2) is 10.1 Å². The summed E-state index contributed by atoms with van der Waals surface area (Å²) in [5, 5.41) is 8.19. The number of hydrogen-bond donors (Lipinski definition) is 3. The number of aryl methyl sites for hydroxylation is 1. The second-order valence-electron chi connectivity index (χ2n) is 4.66. The van der Waals surface area contributed by atoms with Crippen LogP contribution in [0.4, 0.5) is 11.4 Å². The van der Waals surface area contributed by atoms with E-state index >= 15 is 0 Å². The number of anilines is 2. The molecule has 0 fully saturated rings. The maximum Gasteiger partial charge on any atom is 0.296 e. The zero-order valence-electron chi connectivity index (χ0n) is 11.8. The number of hydrogen-bond acceptors (Lipinski definition) is 4. The van der Waals surface area contributed by atoms with E-state index in [1.807, 2.05) is 12.3 Å². The number of nitrogens with two attached hydrogens (primary N) is 1. The zero-order chi connectivity index (χ0) is 15.3. The van der Waals surface area contributed by atoms with E-state index in [2.05, 4.69) is 26.5 Å². The molecular weight excluding hydrogens is 290 g/mol. The highest BCUT2D eigenvalue weighted by atomic mass is 32.2. The molecule has 4 N–H and O–H groups in total. The van der Waals surface area contributed by atoms with Crippen LogP contribution in [0.5, 0.6) is 0 Å². The molecule has 1 aromatic carbocycles. The lowest BCUT2D eigenvalue weighted by Gasteiger charge is -2.10. The predicted molar refractivity (Wildman–Crippen MR) is 83.0 cm³/mol. The van der Waals surface area contributed by atoms with Crippen molar-refractivity contribution in [1.29, 1.82) is 0 Å². The van der Waals surface area contributed by atoms with Gasteiger partial charge in [0.05, 0.1) is 24.3 Å². The first-order chi connectivity index (χ1) is 9.98. The minimum Gasteiger partial charge on any atom is -0.379 e. The molecule has 2 rings (SSSR count). The summed E-state index contributed by atoms with van der Waals surface area (Å²) in [5.74, 6) is 0. The molecule has 0 saturated carbocycles. The first-order valence-electron chi connectivity index (χ1n) is 6.61. The largest absolute Gasteiger partial charge is 0.379 e. The number of nitrogens with one attached hydrogen (secondary N) is 2. The fourth-order valence-electron chi connectivity index (χ4n) is 1.99. The predicted octanol–water partition coefficient (Wildman–Crippen LogP) is 1.52. The van der Waals surface area contributed by atoms with E-state index in [9.17, 15) is 8.42 Å². The van der Waals surface area contributed by atoms with E-state index in [4.69, 9.17) is 5.14 Å². The fraction of sp³-hybridized carbons (Fsp3) is 0.308.